The average molecular weight is 315 g/mol. The van der Waals surface area contributed by atoms with Crippen molar-refractivity contribution in [3.8, 4) is 0 Å². The number of hydrogen-bond acceptors (Lipinski definition) is 2. The van der Waals surface area contributed by atoms with Gasteiger partial charge in [-0.25, -0.2) is 0 Å². The molecule has 0 rings (SSSR count). The summed E-state index contributed by atoms with van der Waals surface area (Å²) in [5, 5.41) is 0.861. The summed E-state index contributed by atoms with van der Waals surface area (Å²) in [5.41, 5.74) is 0. The van der Waals surface area contributed by atoms with Crippen LogP contribution in [-0.4, -0.2) is 51.2 Å². The fraction of sp³-hybridized carbons (Fsp3) is 1.00. The summed E-state index contributed by atoms with van der Waals surface area (Å²) in [6.45, 7) is 26.4. The Morgan fingerprint density at radius 2 is 0.700 bits per heavy atom. The van der Waals surface area contributed by atoms with Crippen LogP contribution in [0.15, 0.2) is 0 Å². The van der Waals surface area contributed by atoms with E-state index in [0.29, 0.717) is 24.2 Å². The summed E-state index contributed by atoms with van der Waals surface area (Å²) < 4.78 is 5.56. The maximum absolute atomic E-state index is 2.78. The molecule has 0 aliphatic carbocycles. The van der Waals surface area contributed by atoms with Gasteiger partial charge >= 0.3 is 0 Å². The topological polar surface area (TPSA) is 6.48 Å². The molecule has 0 heterocycles. The molecule has 0 aliphatic heterocycles. The minimum atomic E-state index is -0.478. The van der Waals surface area contributed by atoms with E-state index in [0.717, 1.165) is 5.16 Å². The molecule has 0 aromatic heterocycles. The van der Waals surface area contributed by atoms with Crippen molar-refractivity contribution in [2.75, 3.05) is 0 Å². The van der Waals surface area contributed by atoms with E-state index in [9.17, 15) is 0 Å². The minimum Gasteiger partial charge on any atom is -0.320 e. The smallest absolute Gasteiger partial charge is 0.134 e. The van der Waals surface area contributed by atoms with E-state index in [1.165, 1.54) is 0 Å². The molecule has 0 aromatic rings. The fourth-order valence-electron chi connectivity index (χ4n) is 3.57. The van der Waals surface area contributed by atoms with Gasteiger partial charge in [0.05, 0.1) is 0 Å². The van der Waals surface area contributed by atoms with Crippen LogP contribution in [0.2, 0.25) is 18.3 Å². The summed E-state index contributed by atoms with van der Waals surface area (Å²) in [4.78, 5) is 0. The molecule has 0 atom stereocenters. The molecule has 0 spiro atoms. The molecular weight excluding hydrogens is 276 g/mol. The molecule has 0 amide bonds. The van der Waals surface area contributed by atoms with E-state index in [-0.39, 0.29) is 0 Å². The third-order valence-corrected chi connectivity index (χ3v) is 13.0. The lowest BCUT2D eigenvalue weighted by Gasteiger charge is -2.44. The zero-order chi connectivity index (χ0) is 16.2. The Bertz CT molecular complexity index is 225. The standard InChI is InChI=1S/C16H38N2Si2/c1-12(2)17(13(3)4)19(10)16(9)20(11)18(14(5)6)15(7)8/h12-16H,1-11H3. The van der Waals surface area contributed by atoms with Crippen molar-refractivity contribution in [2.24, 2.45) is 0 Å². The van der Waals surface area contributed by atoms with Gasteiger partial charge in [-0.05, 0) is 29.3 Å². The molecule has 0 fully saturated rings. The van der Waals surface area contributed by atoms with E-state index < -0.39 is 17.9 Å². The Hall–Kier alpha value is 0.354. The van der Waals surface area contributed by atoms with Crippen LogP contribution in [0.5, 0.6) is 0 Å². The summed E-state index contributed by atoms with van der Waals surface area (Å²) >= 11 is 0. The Labute approximate surface area is 132 Å². The highest BCUT2D eigenvalue weighted by molar-refractivity contribution is 6.76. The highest BCUT2D eigenvalue weighted by atomic mass is 28.3. The zero-order valence-corrected chi connectivity index (χ0v) is 17.8. The van der Waals surface area contributed by atoms with Gasteiger partial charge in [0.1, 0.15) is 17.9 Å². The van der Waals surface area contributed by atoms with Crippen molar-refractivity contribution in [3.05, 3.63) is 0 Å². The van der Waals surface area contributed by atoms with Crippen LogP contribution in [-0.2, 0) is 0 Å². The first-order valence-electron chi connectivity index (χ1n) is 8.25. The zero-order valence-electron chi connectivity index (χ0n) is 15.8. The molecule has 2 radical (unpaired) electrons. The third kappa shape index (κ3) is 5.28. The van der Waals surface area contributed by atoms with E-state index in [2.05, 4.69) is 84.5 Å². The molecule has 0 unspecified atom stereocenters. The quantitative estimate of drug-likeness (QED) is 0.613. The molecule has 2 nitrogen and oxygen atoms in total. The fourth-order valence-corrected chi connectivity index (χ4v) is 11.0. The molecule has 0 bridgehead atoms. The normalized spacial score (nSPS) is 13.8. The third-order valence-electron chi connectivity index (χ3n) is 4.29. The van der Waals surface area contributed by atoms with Gasteiger partial charge < -0.3 is 9.13 Å². The van der Waals surface area contributed by atoms with E-state index in [1.807, 2.05) is 0 Å². The molecule has 20 heavy (non-hydrogen) atoms. The summed E-state index contributed by atoms with van der Waals surface area (Å²) in [7, 11) is -0.955. The largest absolute Gasteiger partial charge is 0.320 e. The van der Waals surface area contributed by atoms with Gasteiger partial charge in [-0.3, -0.25) is 0 Å². The average Bonchev–Trinajstić information content (AvgIpc) is 2.25. The SMILES string of the molecule is CC(C)N(C(C)C)[Si](C)C(C)[Si](C)N(C(C)C)C(C)C. The van der Waals surface area contributed by atoms with Gasteiger partial charge in [-0.15, -0.1) is 0 Å². The maximum Gasteiger partial charge on any atom is 0.134 e. The van der Waals surface area contributed by atoms with Gasteiger partial charge in [0.25, 0.3) is 0 Å². The predicted octanol–water partition coefficient (Wildman–Crippen LogP) is 4.40. The van der Waals surface area contributed by atoms with E-state index in [1.54, 1.807) is 0 Å². The Kier molecular flexibility index (Phi) is 8.87. The molecule has 0 aromatic carbocycles. The Balaban J connectivity index is 5.06. The van der Waals surface area contributed by atoms with Crippen LogP contribution in [0.25, 0.3) is 0 Å². The first kappa shape index (κ1) is 20.4. The second-order valence-corrected chi connectivity index (χ2v) is 13.1. The van der Waals surface area contributed by atoms with Gasteiger partial charge in [0, 0.05) is 0 Å². The van der Waals surface area contributed by atoms with Crippen LogP contribution in [0, 0.1) is 0 Å². The summed E-state index contributed by atoms with van der Waals surface area (Å²) in [5.74, 6) is 0. The van der Waals surface area contributed by atoms with Crippen molar-refractivity contribution in [1.82, 2.24) is 9.13 Å². The molecule has 0 aliphatic rings. The highest BCUT2D eigenvalue weighted by Gasteiger charge is 2.35. The lowest BCUT2D eigenvalue weighted by atomic mass is 10.3. The van der Waals surface area contributed by atoms with E-state index in [4.69, 9.17) is 0 Å². The lowest BCUT2D eigenvalue weighted by Crippen LogP contribution is -2.56. The van der Waals surface area contributed by atoms with Gasteiger partial charge in [-0.2, -0.15) is 0 Å². The number of rotatable bonds is 8. The molecule has 120 valence electrons. The number of nitrogens with zero attached hydrogens (tertiary/aromatic N) is 2. The molecule has 0 N–H and O–H groups in total. The Morgan fingerprint density at radius 3 is 0.850 bits per heavy atom. The predicted molar refractivity (Wildman–Crippen MR) is 96.9 cm³/mol. The first-order valence-corrected chi connectivity index (χ1v) is 12.3. The van der Waals surface area contributed by atoms with Crippen LogP contribution in [0.1, 0.15) is 62.3 Å². The van der Waals surface area contributed by atoms with Crippen LogP contribution in [0.4, 0.5) is 0 Å². The van der Waals surface area contributed by atoms with Gasteiger partial charge in [0.15, 0.2) is 0 Å². The highest BCUT2D eigenvalue weighted by Crippen LogP contribution is 2.25. The van der Waals surface area contributed by atoms with Crippen molar-refractivity contribution >= 4 is 17.9 Å². The molecule has 4 heteroatoms. The van der Waals surface area contributed by atoms with Crippen molar-refractivity contribution in [3.63, 3.8) is 0 Å². The van der Waals surface area contributed by atoms with Crippen molar-refractivity contribution < 1.29 is 0 Å². The lowest BCUT2D eigenvalue weighted by molar-refractivity contribution is 0.291. The van der Waals surface area contributed by atoms with Crippen LogP contribution >= 0.6 is 0 Å². The minimum absolute atomic E-state index is 0.478. The maximum atomic E-state index is 2.78. The monoisotopic (exact) mass is 314 g/mol. The second kappa shape index (κ2) is 8.71. The van der Waals surface area contributed by atoms with E-state index >= 15 is 0 Å². The first-order chi connectivity index (χ1) is 9.02. The van der Waals surface area contributed by atoms with Crippen LogP contribution < -0.4 is 0 Å². The van der Waals surface area contributed by atoms with Gasteiger partial charge in [0.2, 0.25) is 0 Å². The van der Waals surface area contributed by atoms with Crippen molar-refractivity contribution in [1.29, 1.82) is 0 Å². The molecular formula is C16H38N2Si2. The summed E-state index contributed by atoms with van der Waals surface area (Å²) in [6, 6.07) is 2.66. The van der Waals surface area contributed by atoms with Gasteiger partial charge in [-0.1, -0.05) is 75.4 Å². The molecule has 0 saturated carbocycles. The molecule has 0 saturated heterocycles. The van der Waals surface area contributed by atoms with Crippen LogP contribution in [0.3, 0.4) is 0 Å². The van der Waals surface area contributed by atoms with Crippen molar-refractivity contribution in [2.45, 2.75) is 105 Å². The second-order valence-electron chi connectivity index (χ2n) is 7.19. The number of hydrogen-bond donors (Lipinski definition) is 0. The summed E-state index contributed by atoms with van der Waals surface area (Å²) in [6.07, 6.45) is 0. The Morgan fingerprint density at radius 1 is 0.500 bits per heavy atom.